The topological polar surface area (TPSA) is 52.8 Å². The molecule has 1 rings (SSSR count). The van der Waals surface area contributed by atoms with Gasteiger partial charge in [0, 0.05) is 5.56 Å². The van der Waals surface area contributed by atoms with E-state index in [9.17, 15) is 0 Å². The van der Waals surface area contributed by atoms with Crippen molar-refractivity contribution < 1.29 is 10.3 Å². The van der Waals surface area contributed by atoms with E-state index in [4.69, 9.17) is 10.3 Å². The van der Waals surface area contributed by atoms with Crippen molar-refractivity contribution in [2.24, 2.45) is 5.16 Å². The molecule has 3 nitrogen and oxygen atoms in total. The third-order valence-corrected chi connectivity index (χ3v) is 1.63. The Labute approximate surface area is 84.7 Å². The largest absolute Gasteiger partial charge is 0.507 e. The van der Waals surface area contributed by atoms with Gasteiger partial charge in [-0.25, -0.2) is 0 Å². The summed E-state index contributed by atoms with van der Waals surface area (Å²) in [5.41, 5.74) is 0.505. The minimum absolute atomic E-state index is 0.111. The standard InChI is InChI=1S/C7H7NO2.C4H10/c9-7-4-2-1-3-6(7)5-8-10;1-3-4-2/h1-5,9-10H;3-4H2,1-2H3. The highest BCUT2D eigenvalue weighted by molar-refractivity contribution is 5.82. The average molecular weight is 195 g/mol. The number of phenolic OH excluding ortho intramolecular Hbond substituents is 1. The zero-order chi connectivity index (χ0) is 10.8. The molecule has 0 spiro atoms. The Morgan fingerprint density at radius 1 is 1.21 bits per heavy atom. The van der Waals surface area contributed by atoms with Crippen LogP contribution in [0, 0.1) is 0 Å². The number of nitrogens with zero attached hydrogens (tertiary/aromatic N) is 1. The third kappa shape index (κ3) is 5.19. The van der Waals surface area contributed by atoms with Crippen LogP contribution >= 0.6 is 0 Å². The number of aromatic hydroxyl groups is 1. The fourth-order valence-electron chi connectivity index (χ4n) is 0.659. The molecule has 0 saturated carbocycles. The summed E-state index contributed by atoms with van der Waals surface area (Å²) in [4.78, 5) is 0. The van der Waals surface area contributed by atoms with Crippen molar-refractivity contribution in [3.63, 3.8) is 0 Å². The molecule has 0 heterocycles. The maximum Gasteiger partial charge on any atom is 0.124 e. The van der Waals surface area contributed by atoms with Gasteiger partial charge in [0.15, 0.2) is 0 Å². The molecule has 0 aliphatic rings. The fourth-order valence-corrected chi connectivity index (χ4v) is 0.659. The number of unbranched alkanes of at least 4 members (excludes halogenated alkanes) is 1. The summed E-state index contributed by atoms with van der Waals surface area (Å²) in [5, 5.41) is 19.9. The third-order valence-electron chi connectivity index (χ3n) is 1.63. The normalized spacial score (nSPS) is 9.57. The predicted molar refractivity (Wildman–Crippen MR) is 58.1 cm³/mol. The molecule has 0 radical (unpaired) electrons. The minimum Gasteiger partial charge on any atom is -0.507 e. The molecule has 0 bridgehead atoms. The fraction of sp³-hybridized carbons (Fsp3) is 0.364. The van der Waals surface area contributed by atoms with Gasteiger partial charge in [-0.3, -0.25) is 0 Å². The lowest BCUT2D eigenvalue weighted by molar-refractivity contribution is 0.321. The highest BCUT2D eigenvalue weighted by atomic mass is 16.4. The first kappa shape index (κ1) is 12.5. The van der Waals surface area contributed by atoms with Gasteiger partial charge < -0.3 is 10.3 Å². The summed E-state index contributed by atoms with van der Waals surface area (Å²) < 4.78 is 0. The van der Waals surface area contributed by atoms with Gasteiger partial charge in [-0.15, -0.1) is 0 Å². The van der Waals surface area contributed by atoms with E-state index in [0.717, 1.165) is 0 Å². The molecule has 1 aromatic carbocycles. The Balaban J connectivity index is 0.000000364. The summed E-state index contributed by atoms with van der Waals surface area (Å²) in [7, 11) is 0. The highest BCUT2D eigenvalue weighted by Gasteiger charge is 1.92. The molecule has 1 aromatic rings. The van der Waals surface area contributed by atoms with Crippen molar-refractivity contribution in [2.45, 2.75) is 26.7 Å². The van der Waals surface area contributed by atoms with E-state index in [2.05, 4.69) is 19.0 Å². The molecule has 3 heteroatoms. The number of hydrogen-bond donors (Lipinski definition) is 2. The van der Waals surface area contributed by atoms with Crippen LogP contribution in [0.5, 0.6) is 5.75 Å². The Bertz CT molecular complexity index is 270. The van der Waals surface area contributed by atoms with E-state index < -0.39 is 0 Å². The molecule has 0 aliphatic heterocycles. The molecule has 0 aromatic heterocycles. The van der Waals surface area contributed by atoms with Crippen molar-refractivity contribution in [1.29, 1.82) is 0 Å². The molecule has 78 valence electrons. The Kier molecular flexibility index (Phi) is 7.23. The molecule has 0 saturated heterocycles. The van der Waals surface area contributed by atoms with Crippen molar-refractivity contribution >= 4 is 6.21 Å². The van der Waals surface area contributed by atoms with Crippen LogP contribution in [0.3, 0.4) is 0 Å². The molecule has 0 atom stereocenters. The van der Waals surface area contributed by atoms with Crippen molar-refractivity contribution in [1.82, 2.24) is 0 Å². The van der Waals surface area contributed by atoms with Gasteiger partial charge in [-0.2, -0.15) is 0 Å². The van der Waals surface area contributed by atoms with Gasteiger partial charge in [0.2, 0.25) is 0 Å². The lowest BCUT2D eigenvalue weighted by Gasteiger charge is -1.93. The van der Waals surface area contributed by atoms with Crippen LogP contribution in [0.4, 0.5) is 0 Å². The smallest absolute Gasteiger partial charge is 0.124 e. The zero-order valence-electron chi connectivity index (χ0n) is 8.64. The molecule has 2 N–H and O–H groups in total. The van der Waals surface area contributed by atoms with Crippen LogP contribution in [-0.2, 0) is 0 Å². The Morgan fingerprint density at radius 3 is 2.21 bits per heavy atom. The first-order chi connectivity index (χ1) is 6.76. The summed E-state index contributed by atoms with van der Waals surface area (Å²) in [6.45, 7) is 4.36. The van der Waals surface area contributed by atoms with Gasteiger partial charge in [-0.1, -0.05) is 44.0 Å². The Morgan fingerprint density at radius 2 is 1.79 bits per heavy atom. The lowest BCUT2D eigenvalue weighted by atomic mass is 10.2. The average Bonchev–Trinajstić information content (AvgIpc) is 2.22. The summed E-state index contributed by atoms with van der Waals surface area (Å²) >= 11 is 0. The van der Waals surface area contributed by atoms with Crippen LogP contribution in [0.1, 0.15) is 32.3 Å². The van der Waals surface area contributed by atoms with Crippen LogP contribution in [0.2, 0.25) is 0 Å². The minimum atomic E-state index is 0.111. The molecule has 0 aliphatic carbocycles. The summed E-state index contributed by atoms with van der Waals surface area (Å²) in [6.07, 6.45) is 3.81. The number of oxime groups is 1. The number of hydrogen-bond acceptors (Lipinski definition) is 3. The maximum atomic E-state index is 9.04. The van der Waals surface area contributed by atoms with E-state index in [1.54, 1.807) is 18.2 Å². The Hall–Kier alpha value is -1.51. The van der Waals surface area contributed by atoms with E-state index in [1.807, 2.05) is 0 Å². The van der Waals surface area contributed by atoms with Crippen molar-refractivity contribution in [3.05, 3.63) is 29.8 Å². The second-order valence-electron chi connectivity index (χ2n) is 2.80. The van der Waals surface area contributed by atoms with Gasteiger partial charge in [0.25, 0.3) is 0 Å². The van der Waals surface area contributed by atoms with Crippen molar-refractivity contribution in [3.8, 4) is 5.75 Å². The van der Waals surface area contributed by atoms with Crippen LogP contribution < -0.4 is 0 Å². The van der Waals surface area contributed by atoms with Crippen LogP contribution in [0.15, 0.2) is 29.4 Å². The second-order valence-corrected chi connectivity index (χ2v) is 2.80. The van der Waals surface area contributed by atoms with Gasteiger partial charge in [0.1, 0.15) is 5.75 Å². The summed E-state index contributed by atoms with van der Waals surface area (Å²) in [6, 6.07) is 6.62. The van der Waals surface area contributed by atoms with E-state index in [1.165, 1.54) is 25.1 Å². The molecule has 0 unspecified atom stereocenters. The number of benzene rings is 1. The number of para-hydroxylation sites is 1. The number of phenols is 1. The van der Waals surface area contributed by atoms with Crippen LogP contribution in [0.25, 0.3) is 0 Å². The summed E-state index contributed by atoms with van der Waals surface area (Å²) in [5.74, 6) is 0.111. The maximum absolute atomic E-state index is 9.04. The number of rotatable bonds is 2. The van der Waals surface area contributed by atoms with Gasteiger partial charge >= 0.3 is 0 Å². The van der Waals surface area contributed by atoms with Gasteiger partial charge in [0.05, 0.1) is 6.21 Å². The highest BCUT2D eigenvalue weighted by Crippen LogP contribution is 2.12. The SMILES string of the molecule is CCCC.ON=Cc1ccccc1O. The van der Waals surface area contributed by atoms with Gasteiger partial charge in [-0.05, 0) is 12.1 Å². The monoisotopic (exact) mass is 195 g/mol. The first-order valence-corrected chi connectivity index (χ1v) is 4.71. The lowest BCUT2D eigenvalue weighted by Crippen LogP contribution is -1.79. The molecular weight excluding hydrogens is 178 g/mol. The quantitative estimate of drug-likeness (QED) is 0.433. The second kappa shape index (κ2) is 8.10. The van der Waals surface area contributed by atoms with E-state index in [0.29, 0.717) is 5.56 Å². The molecule has 14 heavy (non-hydrogen) atoms. The van der Waals surface area contributed by atoms with Crippen molar-refractivity contribution in [2.75, 3.05) is 0 Å². The predicted octanol–water partition coefficient (Wildman–Crippen LogP) is 3.01. The van der Waals surface area contributed by atoms with E-state index in [-0.39, 0.29) is 5.75 Å². The zero-order valence-corrected chi connectivity index (χ0v) is 8.64. The molecular formula is C11H17NO2. The first-order valence-electron chi connectivity index (χ1n) is 4.71. The van der Waals surface area contributed by atoms with E-state index >= 15 is 0 Å². The molecule has 0 amide bonds. The molecule has 0 fully saturated rings. The van der Waals surface area contributed by atoms with Crippen LogP contribution in [-0.4, -0.2) is 16.5 Å².